The molecule has 3 spiro atoms. The van der Waals surface area contributed by atoms with E-state index in [4.69, 9.17) is 0 Å². The Balaban J connectivity index is 1.42. The molecule has 10 saturated carbocycles. The third-order valence-electron chi connectivity index (χ3n) is 26.3. The van der Waals surface area contributed by atoms with Gasteiger partial charge in [0, 0.05) is 0 Å². The summed E-state index contributed by atoms with van der Waals surface area (Å²) >= 11 is 0. The van der Waals surface area contributed by atoms with E-state index in [1.165, 1.54) is 44.9 Å². The number of unbranched alkanes of at least 4 members (excludes halogenated alkanes) is 2. The first-order chi connectivity index (χ1) is 22.5. The molecule has 0 heterocycles. The maximum atomic E-state index is 3.15. The van der Waals surface area contributed by atoms with E-state index in [1.54, 1.807) is 38.5 Å². The molecule has 0 saturated heterocycles. The molecule has 270 valence electrons. The molecule has 9 bridgehead atoms. The number of hydrogen-bond acceptors (Lipinski definition) is 0. The molecule has 0 aliphatic heterocycles. The van der Waals surface area contributed by atoms with E-state index in [0.29, 0.717) is 59.6 Å². The Hall–Kier alpha value is 0. The first-order valence-corrected chi connectivity index (χ1v) is 22.5. The van der Waals surface area contributed by atoms with Gasteiger partial charge in [-0.2, -0.15) is 0 Å². The molecule has 0 aromatic carbocycles. The lowest BCUT2D eigenvalue weighted by molar-refractivity contribution is -0.477. The van der Waals surface area contributed by atoms with Crippen LogP contribution in [0.2, 0.25) is 0 Å². The summed E-state index contributed by atoms with van der Waals surface area (Å²) in [4.78, 5) is 0. The van der Waals surface area contributed by atoms with E-state index >= 15 is 0 Å². The molecular weight excluding hydrogens is 577 g/mol. The summed E-state index contributed by atoms with van der Waals surface area (Å²) in [6.45, 7) is 40.9. The van der Waals surface area contributed by atoms with Crippen LogP contribution in [0.3, 0.4) is 0 Å². The van der Waals surface area contributed by atoms with Gasteiger partial charge in [-0.3, -0.25) is 0 Å². The van der Waals surface area contributed by atoms with Gasteiger partial charge in [-0.15, -0.1) is 0 Å². The third kappa shape index (κ3) is 2.07. The van der Waals surface area contributed by atoms with Crippen LogP contribution in [0.15, 0.2) is 0 Å². The molecule has 0 nitrogen and oxygen atoms in total. The average molecular weight is 655 g/mol. The van der Waals surface area contributed by atoms with E-state index in [1.807, 2.05) is 0 Å². The molecule has 21 atom stereocenters. The predicted octanol–water partition coefficient (Wildman–Crippen LogP) is 13.5. The molecule has 10 aliphatic rings. The fourth-order valence-corrected chi connectivity index (χ4v) is 26.2. The van der Waals surface area contributed by atoms with Crippen molar-refractivity contribution in [1.29, 1.82) is 0 Å². The van der Waals surface area contributed by atoms with E-state index in [2.05, 4.69) is 96.9 Å². The average Bonchev–Trinajstić information content (AvgIpc) is 3.42. The maximum Gasteiger partial charge on any atom is -0.00775 e. The monoisotopic (exact) mass is 655 g/mol. The summed E-state index contributed by atoms with van der Waals surface area (Å²) in [6.07, 6.45) is 19.6. The molecule has 0 amide bonds. The van der Waals surface area contributed by atoms with Gasteiger partial charge in [0.1, 0.15) is 0 Å². The molecule has 10 aliphatic carbocycles. The quantitative estimate of drug-likeness (QED) is 0.250. The van der Waals surface area contributed by atoms with Gasteiger partial charge < -0.3 is 0 Å². The van der Waals surface area contributed by atoms with Gasteiger partial charge in [0.2, 0.25) is 0 Å². The second-order valence-electron chi connectivity index (χ2n) is 23.3. The van der Waals surface area contributed by atoms with Crippen molar-refractivity contribution in [2.24, 2.45) is 119 Å². The van der Waals surface area contributed by atoms with E-state index in [0.717, 1.165) is 59.2 Å². The van der Waals surface area contributed by atoms with Crippen LogP contribution in [-0.2, 0) is 0 Å². The third-order valence-corrected chi connectivity index (χ3v) is 26.3. The summed E-state index contributed by atoms with van der Waals surface area (Å²) in [5.74, 6) is 9.15. The van der Waals surface area contributed by atoms with Crippen LogP contribution in [0.4, 0.5) is 0 Å². The van der Waals surface area contributed by atoms with Gasteiger partial charge in [0.15, 0.2) is 0 Å². The largest absolute Gasteiger partial charge is 0.0654 e. The SMILES string of the molecule is CCCCCC1C(C)C2(CC)C1(C)CCC13CCC4C5(C)C(C)CC6(C)C(C)(C1C)C1(C)C(C)C7C8CCC(C(C)C5(CC)C62C)C84C731. The van der Waals surface area contributed by atoms with Crippen LogP contribution in [0.25, 0.3) is 0 Å². The fourth-order valence-electron chi connectivity index (χ4n) is 26.2. The zero-order chi connectivity index (χ0) is 34.5. The van der Waals surface area contributed by atoms with Gasteiger partial charge in [-0.1, -0.05) is 116 Å². The molecule has 48 heavy (non-hydrogen) atoms. The highest BCUT2D eigenvalue weighted by Crippen LogP contribution is 3.10. The van der Waals surface area contributed by atoms with Crippen LogP contribution in [0.1, 0.15) is 180 Å². The number of fused-ring (bicyclic) bond motifs is 2. The van der Waals surface area contributed by atoms with Crippen molar-refractivity contribution in [3.63, 3.8) is 0 Å². The number of hydrogen-bond donors (Lipinski definition) is 0. The topological polar surface area (TPSA) is 0 Å². The lowest BCUT2D eigenvalue weighted by Gasteiger charge is -2.94. The Bertz CT molecular complexity index is 1480. The molecule has 0 heteroatoms. The highest BCUT2D eigenvalue weighted by molar-refractivity contribution is 5.52. The van der Waals surface area contributed by atoms with Gasteiger partial charge in [0.05, 0.1) is 0 Å². The zero-order valence-electron chi connectivity index (χ0n) is 34.5. The van der Waals surface area contributed by atoms with E-state index in [-0.39, 0.29) is 0 Å². The van der Waals surface area contributed by atoms with Gasteiger partial charge in [0.25, 0.3) is 0 Å². The normalized spacial score (nSPS) is 72.4. The van der Waals surface area contributed by atoms with Crippen LogP contribution in [0, 0.1) is 119 Å². The zero-order valence-corrected chi connectivity index (χ0v) is 34.5. The van der Waals surface area contributed by atoms with Crippen molar-refractivity contribution in [3.8, 4) is 0 Å². The Morgan fingerprint density at radius 2 is 1.31 bits per heavy atom. The molecular formula is C48H78. The minimum absolute atomic E-state index is 0.310. The molecule has 0 radical (unpaired) electrons. The van der Waals surface area contributed by atoms with E-state index < -0.39 is 0 Å². The molecule has 10 fully saturated rings. The lowest BCUT2D eigenvalue weighted by Crippen LogP contribution is -2.90. The van der Waals surface area contributed by atoms with Crippen LogP contribution in [-0.4, -0.2) is 0 Å². The van der Waals surface area contributed by atoms with Crippen molar-refractivity contribution in [2.75, 3.05) is 0 Å². The molecule has 0 aromatic rings. The summed E-state index contributed by atoms with van der Waals surface area (Å²) in [5, 5.41) is 0. The smallest absolute Gasteiger partial charge is 0.00775 e. The lowest BCUT2D eigenvalue weighted by atomic mass is 9.10. The highest BCUT2D eigenvalue weighted by atomic mass is 15.1. The molecule has 21 unspecified atom stereocenters. The summed E-state index contributed by atoms with van der Waals surface area (Å²) < 4.78 is 0. The Morgan fingerprint density at radius 1 is 0.646 bits per heavy atom. The minimum Gasteiger partial charge on any atom is -0.0654 e. The molecule has 0 N–H and O–H groups in total. The van der Waals surface area contributed by atoms with Crippen molar-refractivity contribution in [1.82, 2.24) is 0 Å². The highest BCUT2D eigenvalue weighted by Gasteiger charge is 3.06. The van der Waals surface area contributed by atoms with Crippen molar-refractivity contribution in [3.05, 3.63) is 0 Å². The maximum absolute atomic E-state index is 3.15. The Kier molecular flexibility index (Phi) is 5.69. The standard InChI is InChI=1S/C48H78/c1-15-18-19-20-33-29(5)45(16-2)38(33,9)25-26-44-24-23-36-40(11)28(4)27-39(10)42(13,32(44)8)41(12)31(7)37-35-22-21-34(47(35,36)48(37,41)44)30(6)46(40,17-3)43(39,45)14/h28-37H,15-27H2,1-14H3. The summed E-state index contributed by atoms with van der Waals surface area (Å²) in [5.41, 5.74) is 4.92. The first-order valence-electron chi connectivity index (χ1n) is 22.5. The molecule has 10 rings (SSSR count). The van der Waals surface area contributed by atoms with Gasteiger partial charge in [-0.25, -0.2) is 0 Å². The van der Waals surface area contributed by atoms with E-state index in [9.17, 15) is 0 Å². The minimum atomic E-state index is 0.310. The number of rotatable bonds is 6. The van der Waals surface area contributed by atoms with Gasteiger partial charge >= 0.3 is 0 Å². The summed E-state index contributed by atoms with van der Waals surface area (Å²) in [6, 6.07) is 0. The van der Waals surface area contributed by atoms with Crippen LogP contribution >= 0.6 is 0 Å². The van der Waals surface area contributed by atoms with Gasteiger partial charge in [-0.05, 0) is 183 Å². The molecule has 0 aromatic heterocycles. The van der Waals surface area contributed by atoms with Crippen LogP contribution < -0.4 is 0 Å². The van der Waals surface area contributed by atoms with Crippen LogP contribution in [0.5, 0.6) is 0 Å². The predicted molar refractivity (Wildman–Crippen MR) is 201 cm³/mol. The Labute approximate surface area is 298 Å². The first kappa shape index (κ1) is 32.6. The Morgan fingerprint density at radius 3 is 1.96 bits per heavy atom. The summed E-state index contributed by atoms with van der Waals surface area (Å²) in [7, 11) is 0. The van der Waals surface area contributed by atoms with Crippen molar-refractivity contribution in [2.45, 2.75) is 180 Å². The second-order valence-corrected chi connectivity index (χ2v) is 23.3. The fraction of sp³-hybridized carbons (Fsp3) is 1.00. The second kappa shape index (κ2) is 8.37. The van der Waals surface area contributed by atoms with Crippen molar-refractivity contribution < 1.29 is 0 Å². The van der Waals surface area contributed by atoms with Crippen molar-refractivity contribution >= 4 is 0 Å².